The van der Waals surface area contributed by atoms with Crippen molar-refractivity contribution >= 4 is 0 Å². The van der Waals surface area contributed by atoms with E-state index in [2.05, 4.69) is 32.2 Å². The summed E-state index contributed by atoms with van der Waals surface area (Å²) in [5, 5.41) is 21.1. The second-order valence-corrected chi connectivity index (χ2v) is 6.26. The van der Waals surface area contributed by atoms with Gasteiger partial charge in [0.25, 0.3) is 0 Å². The molecule has 1 aliphatic carbocycles. The first-order valence-corrected chi connectivity index (χ1v) is 6.73. The summed E-state index contributed by atoms with van der Waals surface area (Å²) in [6.07, 6.45) is 4.73. The Hall–Kier alpha value is -0.590. The van der Waals surface area contributed by atoms with Crippen LogP contribution in [0.25, 0.3) is 0 Å². The summed E-state index contributed by atoms with van der Waals surface area (Å²) < 4.78 is 0. The Balaban J connectivity index is 2.42. The third-order valence-corrected chi connectivity index (χ3v) is 4.08. The van der Waals surface area contributed by atoms with Gasteiger partial charge in [-0.05, 0) is 42.9 Å². The van der Waals surface area contributed by atoms with Crippen LogP contribution in [0.4, 0.5) is 0 Å². The van der Waals surface area contributed by atoms with E-state index < -0.39 is 0 Å². The number of rotatable bonds is 4. The molecule has 1 atom stereocenters. The minimum Gasteiger partial charge on any atom is -0.395 e. The van der Waals surface area contributed by atoms with Crippen LogP contribution >= 0.6 is 0 Å². The first kappa shape index (κ1) is 14.5. The highest BCUT2D eigenvalue weighted by Crippen LogP contribution is 2.40. The van der Waals surface area contributed by atoms with Crippen molar-refractivity contribution in [3.05, 3.63) is 0 Å². The second kappa shape index (κ2) is 6.37. The van der Waals surface area contributed by atoms with Crippen molar-refractivity contribution in [2.45, 2.75) is 52.5 Å². The largest absolute Gasteiger partial charge is 0.395 e. The van der Waals surface area contributed by atoms with E-state index in [9.17, 15) is 0 Å². The Morgan fingerprint density at radius 3 is 2.29 bits per heavy atom. The number of hydrogen-bond acceptors (Lipinski definition) is 3. The number of nitriles is 1. The number of aliphatic hydroxyl groups is 1. The van der Waals surface area contributed by atoms with Crippen LogP contribution in [-0.4, -0.2) is 24.3 Å². The fraction of sp³-hybridized carbons (Fsp3) is 0.929. The molecule has 0 spiro atoms. The number of nitrogens with zero attached hydrogens (tertiary/aromatic N) is 1. The third-order valence-electron chi connectivity index (χ3n) is 4.08. The van der Waals surface area contributed by atoms with Crippen molar-refractivity contribution in [1.29, 1.82) is 5.26 Å². The van der Waals surface area contributed by atoms with Gasteiger partial charge in [0, 0.05) is 6.54 Å². The van der Waals surface area contributed by atoms with Crippen LogP contribution in [0, 0.1) is 28.6 Å². The molecule has 98 valence electrons. The third kappa shape index (κ3) is 4.29. The molecule has 0 radical (unpaired) electrons. The molecule has 3 heteroatoms. The van der Waals surface area contributed by atoms with Crippen molar-refractivity contribution in [2.75, 3.05) is 13.2 Å². The van der Waals surface area contributed by atoms with Crippen molar-refractivity contribution in [2.24, 2.45) is 17.3 Å². The van der Waals surface area contributed by atoms with Crippen molar-refractivity contribution in [1.82, 2.24) is 5.32 Å². The Labute approximate surface area is 105 Å². The maximum absolute atomic E-state index is 9.14. The SMILES string of the molecule is CC(C)(C)C1CCC(C(C#N)NCCO)CC1. The van der Waals surface area contributed by atoms with E-state index in [0.29, 0.717) is 17.9 Å². The van der Waals surface area contributed by atoms with E-state index in [-0.39, 0.29) is 12.6 Å². The Morgan fingerprint density at radius 2 is 1.88 bits per heavy atom. The molecule has 1 aliphatic rings. The number of aliphatic hydroxyl groups excluding tert-OH is 1. The highest BCUT2D eigenvalue weighted by Gasteiger charge is 2.32. The van der Waals surface area contributed by atoms with Crippen molar-refractivity contribution < 1.29 is 5.11 Å². The smallest absolute Gasteiger partial charge is 0.0982 e. The lowest BCUT2D eigenvalue weighted by Gasteiger charge is -2.38. The molecular formula is C14H26N2O. The standard InChI is InChI=1S/C14H26N2O/c1-14(2,3)12-6-4-11(5-7-12)13(10-15)16-8-9-17/h11-13,16-17H,4-9H2,1-3H3. The summed E-state index contributed by atoms with van der Waals surface area (Å²) in [7, 11) is 0. The molecule has 1 unspecified atom stereocenters. The molecule has 0 aromatic carbocycles. The molecule has 0 saturated heterocycles. The van der Waals surface area contributed by atoms with Gasteiger partial charge in [0.2, 0.25) is 0 Å². The summed E-state index contributed by atoms with van der Waals surface area (Å²) in [5.74, 6) is 1.25. The molecular weight excluding hydrogens is 212 g/mol. The average molecular weight is 238 g/mol. The van der Waals surface area contributed by atoms with Gasteiger partial charge in [0.15, 0.2) is 0 Å². The van der Waals surface area contributed by atoms with Crippen LogP contribution in [0.5, 0.6) is 0 Å². The first-order valence-electron chi connectivity index (χ1n) is 6.73. The van der Waals surface area contributed by atoms with Gasteiger partial charge in [0.1, 0.15) is 0 Å². The molecule has 0 aromatic rings. The highest BCUT2D eigenvalue weighted by molar-refractivity contribution is 4.97. The normalized spacial score (nSPS) is 27.5. The summed E-state index contributed by atoms with van der Waals surface area (Å²) in [6, 6.07) is 2.26. The van der Waals surface area contributed by atoms with Gasteiger partial charge in [-0.1, -0.05) is 20.8 Å². The zero-order valence-corrected chi connectivity index (χ0v) is 11.4. The molecule has 1 rings (SSSR count). The highest BCUT2D eigenvalue weighted by atomic mass is 16.3. The van der Waals surface area contributed by atoms with Crippen LogP contribution in [0.1, 0.15) is 46.5 Å². The second-order valence-electron chi connectivity index (χ2n) is 6.26. The van der Waals surface area contributed by atoms with Gasteiger partial charge < -0.3 is 5.11 Å². The van der Waals surface area contributed by atoms with E-state index in [1.807, 2.05) is 0 Å². The molecule has 3 nitrogen and oxygen atoms in total. The van der Waals surface area contributed by atoms with Crippen molar-refractivity contribution in [3.8, 4) is 6.07 Å². The summed E-state index contributed by atoms with van der Waals surface area (Å²) >= 11 is 0. The fourth-order valence-electron chi connectivity index (χ4n) is 2.86. The predicted octanol–water partition coefficient (Wildman–Crippen LogP) is 2.31. The molecule has 0 amide bonds. The Kier molecular flexibility index (Phi) is 5.42. The minimum atomic E-state index is -0.0805. The maximum Gasteiger partial charge on any atom is 0.0982 e. The molecule has 0 bridgehead atoms. The molecule has 2 N–H and O–H groups in total. The molecule has 17 heavy (non-hydrogen) atoms. The van der Waals surface area contributed by atoms with Gasteiger partial charge in [-0.15, -0.1) is 0 Å². The van der Waals surface area contributed by atoms with Gasteiger partial charge in [0.05, 0.1) is 18.7 Å². The van der Waals surface area contributed by atoms with E-state index in [0.717, 1.165) is 18.8 Å². The lowest BCUT2D eigenvalue weighted by atomic mass is 9.68. The monoisotopic (exact) mass is 238 g/mol. The molecule has 0 aliphatic heterocycles. The topological polar surface area (TPSA) is 56.0 Å². The molecule has 1 fully saturated rings. The van der Waals surface area contributed by atoms with E-state index in [1.54, 1.807) is 0 Å². The summed E-state index contributed by atoms with van der Waals surface area (Å²) in [5.41, 5.74) is 0.394. The van der Waals surface area contributed by atoms with Crippen LogP contribution in [0.3, 0.4) is 0 Å². The van der Waals surface area contributed by atoms with Gasteiger partial charge >= 0.3 is 0 Å². The maximum atomic E-state index is 9.14. The number of nitrogens with one attached hydrogen (secondary N) is 1. The Bertz CT molecular complexity index is 256. The van der Waals surface area contributed by atoms with Crippen LogP contribution in [-0.2, 0) is 0 Å². The van der Waals surface area contributed by atoms with Crippen LogP contribution < -0.4 is 5.32 Å². The fourth-order valence-corrected chi connectivity index (χ4v) is 2.86. The van der Waals surface area contributed by atoms with Gasteiger partial charge in [-0.2, -0.15) is 5.26 Å². The summed E-state index contributed by atoms with van der Waals surface area (Å²) in [4.78, 5) is 0. The Morgan fingerprint density at radius 1 is 1.29 bits per heavy atom. The summed E-state index contributed by atoms with van der Waals surface area (Å²) in [6.45, 7) is 7.56. The van der Waals surface area contributed by atoms with Crippen LogP contribution in [0.15, 0.2) is 0 Å². The minimum absolute atomic E-state index is 0.0805. The first-order chi connectivity index (χ1) is 7.99. The van der Waals surface area contributed by atoms with E-state index in [4.69, 9.17) is 10.4 Å². The van der Waals surface area contributed by atoms with E-state index >= 15 is 0 Å². The zero-order valence-electron chi connectivity index (χ0n) is 11.4. The molecule has 0 aromatic heterocycles. The van der Waals surface area contributed by atoms with E-state index in [1.165, 1.54) is 12.8 Å². The van der Waals surface area contributed by atoms with Crippen molar-refractivity contribution in [3.63, 3.8) is 0 Å². The lowest BCUT2D eigenvalue weighted by molar-refractivity contribution is 0.139. The predicted molar refractivity (Wildman–Crippen MR) is 69.4 cm³/mol. The zero-order chi connectivity index (χ0) is 12.9. The lowest BCUT2D eigenvalue weighted by Crippen LogP contribution is -2.39. The molecule has 0 heterocycles. The van der Waals surface area contributed by atoms with Gasteiger partial charge in [-0.25, -0.2) is 0 Å². The van der Waals surface area contributed by atoms with Gasteiger partial charge in [-0.3, -0.25) is 5.32 Å². The quantitative estimate of drug-likeness (QED) is 0.790. The molecule has 1 saturated carbocycles. The average Bonchev–Trinajstić information content (AvgIpc) is 2.29. The van der Waals surface area contributed by atoms with Crippen LogP contribution in [0.2, 0.25) is 0 Å². The number of hydrogen-bond donors (Lipinski definition) is 2.